The van der Waals surface area contributed by atoms with Crippen molar-refractivity contribution in [1.82, 2.24) is 9.97 Å². The third-order valence-electron chi connectivity index (χ3n) is 4.37. The maximum Gasteiger partial charge on any atom is 0.155 e. The summed E-state index contributed by atoms with van der Waals surface area (Å²) >= 11 is 3.39. The zero-order valence-corrected chi connectivity index (χ0v) is 15.8. The van der Waals surface area contributed by atoms with Gasteiger partial charge in [0.15, 0.2) is 9.66 Å². The Morgan fingerprint density at radius 2 is 0.917 bits per heavy atom. The Balaban J connectivity index is 1.85. The number of fused-ring (bicyclic) bond motifs is 1. The van der Waals surface area contributed by atoms with Crippen LogP contribution in [-0.2, 0) is 0 Å². The molecule has 0 aliphatic heterocycles. The maximum absolute atomic E-state index is 4.88. The second-order valence-electron chi connectivity index (χ2n) is 6.18. The van der Waals surface area contributed by atoms with Gasteiger partial charge < -0.3 is 0 Å². The van der Waals surface area contributed by atoms with Gasteiger partial charge in [-0.3, -0.25) is 0 Å². The monoisotopic (exact) mass is 350 g/mol. The van der Waals surface area contributed by atoms with E-state index in [0.29, 0.717) is 0 Å². The van der Waals surface area contributed by atoms with Crippen LogP contribution in [0.4, 0.5) is 0 Å². The molecule has 0 N–H and O–H groups in total. The first kappa shape index (κ1) is 15.5. The van der Waals surface area contributed by atoms with E-state index in [1.807, 2.05) is 0 Å². The lowest BCUT2D eigenvalue weighted by Crippen LogP contribution is -1.87. The van der Waals surface area contributed by atoms with E-state index in [1.165, 1.54) is 33.4 Å². The third-order valence-corrected chi connectivity index (χ3v) is 6.43. The fourth-order valence-corrected chi connectivity index (χ4v) is 5.55. The van der Waals surface area contributed by atoms with Gasteiger partial charge in [-0.15, -0.1) is 0 Å². The molecule has 4 rings (SSSR count). The highest BCUT2D eigenvalue weighted by Crippen LogP contribution is 2.39. The molecule has 24 heavy (non-hydrogen) atoms. The Labute approximate surface area is 149 Å². The summed E-state index contributed by atoms with van der Waals surface area (Å²) in [5.41, 5.74) is 7.58. The second-order valence-corrected chi connectivity index (χ2v) is 8.14. The van der Waals surface area contributed by atoms with Gasteiger partial charge in [-0.25, -0.2) is 9.97 Å². The van der Waals surface area contributed by atoms with E-state index < -0.39 is 0 Å². The molecule has 0 spiro atoms. The molecule has 2 aromatic carbocycles. The zero-order valence-electron chi connectivity index (χ0n) is 14.2. The Hall–Kier alpha value is -2.04. The van der Waals surface area contributed by atoms with Gasteiger partial charge in [0.05, 0.1) is 0 Å². The predicted molar refractivity (Wildman–Crippen MR) is 105 cm³/mol. The minimum atomic E-state index is 1.04. The minimum Gasteiger partial charge on any atom is -0.223 e. The molecule has 2 aromatic heterocycles. The summed E-state index contributed by atoms with van der Waals surface area (Å²) in [5, 5.41) is 2.15. The van der Waals surface area contributed by atoms with E-state index in [2.05, 4.69) is 64.1 Å². The summed E-state index contributed by atoms with van der Waals surface area (Å²) in [5.74, 6) is 0. The van der Waals surface area contributed by atoms with E-state index in [4.69, 9.17) is 9.97 Å². The minimum absolute atomic E-state index is 1.04. The number of hydrogen-bond acceptors (Lipinski definition) is 4. The molecule has 4 heteroatoms. The summed E-state index contributed by atoms with van der Waals surface area (Å²) in [6.07, 6.45) is 0. The summed E-state index contributed by atoms with van der Waals surface area (Å²) in [6.45, 7) is 8.58. The number of nitrogens with zero attached hydrogens (tertiary/aromatic N) is 2. The molecule has 4 aromatic rings. The molecule has 0 amide bonds. The standard InChI is InChI=1S/C20H18N2S2/c1-11-7-5-8-12(2)15(11)17-21-19-20(23-17)22-18(24-19)16-13(3)9-6-10-14(16)4/h5-10H,1-4H3. The van der Waals surface area contributed by atoms with Gasteiger partial charge in [0.25, 0.3) is 0 Å². The fourth-order valence-electron chi connectivity index (χ4n) is 3.16. The number of aromatic nitrogens is 2. The molecule has 0 saturated heterocycles. The first-order chi connectivity index (χ1) is 11.5. The Morgan fingerprint density at radius 1 is 0.583 bits per heavy atom. The van der Waals surface area contributed by atoms with Crippen LogP contribution in [0.2, 0.25) is 0 Å². The number of thiazole rings is 2. The van der Waals surface area contributed by atoms with Crippen molar-refractivity contribution in [2.75, 3.05) is 0 Å². The van der Waals surface area contributed by atoms with Crippen molar-refractivity contribution in [3.05, 3.63) is 58.7 Å². The highest BCUT2D eigenvalue weighted by molar-refractivity contribution is 7.29. The average Bonchev–Trinajstić information content (AvgIpc) is 3.05. The summed E-state index contributed by atoms with van der Waals surface area (Å²) in [6, 6.07) is 12.8. The van der Waals surface area contributed by atoms with Gasteiger partial charge in [0.2, 0.25) is 0 Å². The van der Waals surface area contributed by atoms with Crippen LogP contribution in [0.1, 0.15) is 22.3 Å². The van der Waals surface area contributed by atoms with Crippen molar-refractivity contribution in [3.8, 4) is 21.1 Å². The van der Waals surface area contributed by atoms with Crippen LogP contribution in [0.5, 0.6) is 0 Å². The highest BCUT2D eigenvalue weighted by atomic mass is 32.1. The van der Waals surface area contributed by atoms with Crippen LogP contribution in [0.3, 0.4) is 0 Å². The smallest absolute Gasteiger partial charge is 0.155 e. The maximum atomic E-state index is 4.88. The predicted octanol–water partition coefficient (Wildman–Crippen LogP) is 6.32. The van der Waals surface area contributed by atoms with E-state index in [-0.39, 0.29) is 0 Å². The van der Waals surface area contributed by atoms with Crippen molar-refractivity contribution in [2.45, 2.75) is 27.7 Å². The van der Waals surface area contributed by atoms with Crippen LogP contribution in [0.15, 0.2) is 36.4 Å². The van der Waals surface area contributed by atoms with Gasteiger partial charge in [-0.1, -0.05) is 59.1 Å². The lowest BCUT2D eigenvalue weighted by molar-refractivity contribution is 1.36. The van der Waals surface area contributed by atoms with Crippen molar-refractivity contribution < 1.29 is 0 Å². The molecule has 2 heterocycles. The largest absolute Gasteiger partial charge is 0.223 e. The molecular weight excluding hydrogens is 332 g/mol. The van der Waals surface area contributed by atoms with E-state index in [9.17, 15) is 0 Å². The first-order valence-electron chi connectivity index (χ1n) is 7.95. The highest BCUT2D eigenvalue weighted by Gasteiger charge is 2.17. The lowest BCUT2D eigenvalue weighted by Gasteiger charge is -2.06. The molecule has 0 aliphatic carbocycles. The average molecular weight is 351 g/mol. The molecule has 0 atom stereocenters. The van der Waals surface area contributed by atoms with Crippen LogP contribution in [-0.4, -0.2) is 9.97 Å². The third kappa shape index (κ3) is 2.46. The van der Waals surface area contributed by atoms with E-state index in [1.54, 1.807) is 22.7 Å². The van der Waals surface area contributed by atoms with Gasteiger partial charge in [-0.2, -0.15) is 0 Å². The molecule has 0 bridgehead atoms. The van der Waals surface area contributed by atoms with Crippen molar-refractivity contribution in [3.63, 3.8) is 0 Å². The van der Waals surface area contributed by atoms with Crippen molar-refractivity contribution in [1.29, 1.82) is 0 Å². The molecule has 120 valence electrons. The molecular formula is C20H18N2S2. The number of rotatable bonds is 2. The normalized spacial score (nSPS) is 11.3. The zero-order chi connectivity index (χ0) is 16.8. The SMILES string of the molecule is Cc1cccc(C)c1-c1nc2sc(-c3c(C)cccc3C)nc2s1. The van der Waals surface area contributed by atoms with E-state index >= 15 is 0 Å². The Bertz CT molecular complexity index is 904. The van der Waals surface area contributed by atoms with Crippen LogP contribution in [0.25, 0.3) is 30.8 Å². The van der Waals surface area contributed by atoms with Crippen molar-refractivity contribution >= 4 is 32.3 Å². The number of benzene rings is 2. The molecule has 0 aliphatic rings. The molecule has 0 unspecified atom stereocenters. The molecule has 2 nitrogen and oxygen atoms in total. The summed E-state index contributed by atoms with van der Waals surface area (Å²) in [4.78, 5) is 11.8. The van der Waals surface area contributed by atoms with E-state index in [0.717, 1.165) is 19.7 Å². The second kappa shape index (κ2) is 5.80. The molecule has 0 radical (unpaired) electrons. The number of hydrogen-bond donors (Lipinski definition) is 0. The van der Waals surface area contributed by atoms with Crippen LogP contribution >= 0.6 is 22.7 Å². The number of aryl methyl sites for hydroxylation is 4. The summed E-state index contributed by atoms with van der Waals surface area (Å²) < 4.78 is 0. The first-order valence-corrected chi connectivity index (χ1v) is 9.58. The Morgan fingerprint density at radius 3 is 1.25 bits per heavy atom. The van der Waals surface area contributed by atoms with Gasteiger partial charge in [0, 0.05) is 11.1 Å². The van der Waals surface area contributed by atoms with Gasteiger partial charge in [0.1, 0.15) is 10.0 Å². The molecule has 0 saturated carbocycles. The van der Waals surface area contributed by atoms with Crippen LogP contribution in [0, 0.1) is 27.7 Å². The van der Waals surface area contributed by atoms with Gasteiger partial charge in [-0.05, 0) is 49.9 Å². The lowest BCUT2D eigenvalue weighted by atomic mass is 10.0. The summed E-state index contributed by atoms with van der Waals surface area (Å²) in [7, 11) is 0. The van der Waals surface area contributed by atoms with Crippen molar-refractivity contribution in [2.24, 2.45) is 0 Å². The quantitative estimate of drug-likeness (QED) is 0.423. The molecule has 0 fully saturated rings. The topological polar surface area (TPSA) is 25.8 Å². The van der Waals surface area contributed by atoms with Crippen LogP contribution < -0.4 is 0 Å². The fraction of sp³-hybridized carbons (Fsp3) is 0.200. The Kier molecular flexibility index (Phi) is 3.74. The van der Waals surface area contributed by atoms with Gasteiger partial charge >= 0.3 is 0 Å².